The molecule has 5 heteroatoms. The molecule has 1 aliphatic rings. The molecule has 2 aromatic rings. The summed E-state index contributed by atoms with van der Waals surface area (Å²) < 4.78 is 0. The van der Waals surface area contributed by atoms with Gasteiger partial charge in [0.15, 0.2) is 0 Å². The first-order valence-corrected chi connectivity index (χ1v) is 10.3. The average Bonchev–Trinajstić information content (AvgIpc) is 3.01. The molecule has 1 heterocycles. The van der Waals surface area contributed by atoms with E-state index in [9.17, 15) is 9.59 Å². The van der Waals surface area contributed by atoms with Crippen LogP contribution in [-0.2, 0) is 6.54 Å². The van der Waals surface area contributed by atoms with E-state index < -0.39 is 0 Å². The van der Waals surface area contributed by atoms with E-state index in [4.69, 9.17) is 0 Å². The van der Waals surface area contributed by atoms with Gasteiger partial charge in [-0.2, -0.15) is 0 Å². The highest BCUT2D eigenvalue weighted by Gasteiger charge is 2.19. The molecule has 1 saturated carbocycles. The van der Waals surface area contributed by atoms with Gasteiger partial charge in [0.25, 0.3) is 11.8 Å². The molecule has 1 aromatic heterocycles. The van der Waals surface area contributed by atoms with Gasteiger partial charge in [0, 0.05) is 31.5 Å². The number of carbonyl (C=O) groups excluding carboxylic acids is 2. The lowest BCUT2D eigenvalue weighted by Crippen LogP contribution is -2.35. The monoisotopic (exact) mass is 379 g/mol. The van der Waals surface area contributed by atoms with Gasteiger partial charge in [0.2, 0.25) is 0 Å². The molecule has 1 aliphatic carbocycles. The molecule has 2 amide bonds. The Morgan fingerprint density at radius 3 is 2.39 bits per heavy atom. The van der Waals surface area contributed by atoms with Crippen molar-refractivity contribution in [2.45, 2.75) is 58.0 Å². The van der Waals surface area contributed by atoms with Crippen molar-refractivity contribution in [1.29, 1.82) is 0 Å². The summed E-state index contributed by atoms with van der Waals surface area (Å²) in [6, 6.07) is 11.8. The fraction of sp³-hybridized carbons (Fsp3) is 0.435. The van der Waals surface area contributed by atoms with E-state index >= 15 is 0 Å². The zero-order valence-corrected chi connectivity index (χ0v) is 16.6. The molecule has 0 unspecified atom stereocenters. The first-order chi connectivity index (χ1) is 13.7. The highest BCUT2D eigenvalue weighted by atomic mass is 16.2. The summed E-state index contributed by atoms with van der Waals surface area (Å²) in [5, 5.41) is 3.12. The van der Waals surface area contributed by atoms with Crippen molar-refractivity contribution in [2.24, 2.45) is 0 Å². The summed E-state index contributed by atoms with van der Waals surface area (Å²) in [5.41, 5.74) is 1.98. The lowest BCUT2D eigenvalue weighted by molar-refractivity contribution is 0.0752. The Hall–Kier alpha value is -2.69. The molecule has 0 saturated heterocycles. The van der Waals surface area contributed by atoms with Gasteiger partial charge >= 0.3 is 0 Å². The number of aromatic nitrogens is 1. The maximum atomic E-state index is 12.9. The summed E-state index contributed by atoms with van der Waals surface area (Å²) in [4.78, 5) is 31.5. The molecular weight excluding hydrogens is 350 g/mol. The van der Waals surface area contributed by atoms with Gasteiger partial charge in [-0.1, -0.05) is 56.0 Å². The zero-order valence-electron chi connectivity index (χ0n) is 16.6. The Balaban J connectivity index is 1.68. The fourth-order valence-electron chi connectivity index (χ4n) is 3.69. The Morgan fingerprint density at radius 2 is 1.71 bits per heavy atom. The first kappa shape index (κ1) is 20.1. The fourth-order valence-corrected chi connectivity index (χ4v) is 3.69. The molecule has 28 heavy (non-hydrogen) atoms. The van der Waals surface area contributed by atoms with Crippen molar-refractivity contribution < 1.29 is 9.59 Å². The molecule has 3 rings (SSSR count). The van der Waals surface area contributed by atoms with Crippen LogP contribution in [-0.4, -0.2) is 34.3 Å². The molecule has 1 N–H and O–H groups in total. The lowest BCUT2D eigenvalue weighted by Gasteiger charge is -2.21. The lowest BCUT2D eigenvalue weighted by atomic mass is 10.1. The summed E-state index contributed by atoms with van der Waals surface area (Å²) in [6.07, 6.45) is 9.93. The number of hydrogen-bond acceptors (Lipinski definition) is 3. The third-order valence-corrected chi connectivity index (χ3v) is 5.32. The molecule has 0 atom stereocenters. The topological polar surface area (TPSA) is 62.3 Å². The predicted octanol–water partition coefficient (Wildman–Crippen LogP) is 4.20. The van der Waals surface area contributed by atoms with Crippen molar-refractivity contribution in [3.8, 4) is 0 Å². The number of nitrogens with one attached hydrogen (secondary N) is 1. The Morgan fingerprint density at radius 1 is 1.04 bits per heavy atom. The third kappa shape index (κ3) is 5.41. The number of benzene rings is 1. The summed E-state index contributed by atoms with van der Waals surface area (Å²) in [5.74, 6) is -0.247. The maximum Gasteiger partial charge on any atom is 0.255 e. The van der Waals surface area contributed by atoms with Crippen molar-refractivity contribution in [3.05, 3.63) is 65.5 Å². The second-order valence-electron chi connectivity index (χ2n) is 7.43. The van der Waals surface area contributed by atoms with E-state index in [1.54, 1.807) is 17.2 Å². The van der Waals surface area contributed by atoms with Gasteiger partial charge in [-0.05, 0) is 31.4 Å². The maximum absolute atomic E-state index is 12.9. The van der Waals surface area contributed by atoms with Gasteiger partial charge < -0.3 is 10.2 Å². The molecule has 1 fully saturated rings. The van der Waals surface area contributed by atoms with E-state index in [2.05, 4.69) is 10.3 Å². The number of pyridine rings is 1. The van der Waals surface area contributed by atoms with Gasteiger partial charge in [0.1, 0.15) is 0 Å². The van der Waals surface area contributed by atoms with Crippen molar-refractivity contribution in [1.82, 2.24) is 15.2 Å². The van der Waals surface area contributed by atoms with Crippen LogP contribution in [0.25, 0.3) is 0 Å². The van der Waals surface area contributed by atoms with Crippen LogP contribution in [0, 0.1) is 0 Å². The number of nitrogens with zero attached hydrogens (tertiary/aromatic N) is 2. The minimum absolute atomic E-state index is 0.108. The molecule has 0 spiro atoms. The Labute approximate surface area is 167 Å². The van der Waals surface area contributed by atoms with Crippen LogP contribution in [0.5, 0.6) is 0 Å². The summed E-state index contributed by atoms with van der Waals surface area (Å²) in [7, 11) is 0. The highest BCUT2D eigenvalue weighted by Crippen LogP contribution is 2.18. The SMILES string of the molecule is CCN(Cc1ccccc1)C(=O)c1cncc(C(=O)NC2CCCCCC2)c1. The van der Waals surface area contributed by atoms with E-state index in [1.807, 2.05) is 37.3 Å². The Bertz CT molecular complexity index is 783. The summed E-state index contributed by atoms with van der Waals surface area (Å²) >= 11 is 0. The first-order valence-electron chi connectivity index (χ1n) is 10.3. The normalized spacial score (nSPS) is 14.9. The smallest absolute Gasteiger partial charge is 0.255 e. The van der Waals surface area contributed by atoms with E-state index in [1.165, 1.54) is 19.0 Å². The highest BCUT2D eigenvalue weighted by molar-refractivity contribution is 5.99. The number of amides is 2. The van der Waals surface area contributed by atoms with Crippen LogP contribution in [0.2, 0.25) is 0 Å². The number of rotatable bonds is 6. The van der Waals surface area contributed by atoms with Crippen molar-refractivity contribution >= 4 is 11.8 Å². The van der Waals surface area contributed by atoms with Crippen molar-refractivity contribution in [3.63, 3.8) is 0 Å². The van der Waals surface area contributed by atoms with E-state index in [-0.39, 0.29) is 17.9 Å². The Kier molecular flexibility index (Phi) is 7.18. The standard InChI is InChI=1S/C23H29N3O2/c1-2-26(17-18-10-6-5-7-11-18)23(28)20-14-19(15-24-16-20)22(27)25-21-12-8-3-4-9-13-21/h5-7,10-11,14-16,21H,2-4,8-9,12-13,17H2,1H3,(H,25,27). The molecule has 1 aromatic carbocycles. The third-order valence-electron chi connectivity index (χ3n) is 5.32. The molecule has 5 nitrogen and oxygen atoms in total. The van der Waals surface area contributed by atoms with Gasteiger partial charge in [0.05, 0.1) is 11.1 Å². The quantitative estimate of drug-likeness (QED) is 0.765. The van der Waals surface area contributed by atoms with Crippen LogP contribution in [0.3, 0.4) is 0 Å². The minimum atomic E-state index is -0.139. The molecule has 0 aliphatic heterocycles. The number of hydrogen-bond donors (Lipinski definition) is 1. The van der Waals surface area contributed by atoms with Gasteiger partial charge in [-0.25, -0.2) is 0 Å². The van der Waals surface area contributed by atoms with E-state index in [0.717, 1.165) is 31.2 Å². The summed E-state index contributed by atoms with van der Waals surface area (Å²) in [6.45, 7) is 3.08. The second kappa shape index (κ2) is 10.0. The van der Waals surface area contributed by atoms with Crippen LogP contribution < -0.4 is 5.32 Å². The van der Waals surface area contributed by atoms with Crippen LogP contribution in [0.4, 0.5) is 0 Å². The molecular formula is C23H29N3O2. The molecule has 0 radical (unpaired) electrons. The largest absolute Gasteiger partial charge is 0.349 e. The van der Waals surface area contributed by atoms with E-state index in [0.29, 0.717) is 24.2 Å². The van der Waals surface area contributed by atoms with Crippen LogP contribution in [0.1, 0.15) is 71.7 Å². The second-order valence-corrected chi connectivity index (χ2v) is 7.43. The van der Waals surface area contributed by atoms with Crippen molar-refractivity contribution in [2.75, 3.05) is 6.54 Å². The van der Waals surface area contributed by atoms with Crippen LogP contribution in [0.15, 0.2) is 48.8 Å². The van der Waals surface area contributed by atoms with Gasteiger partial charge in [-0.15, -0.1) is 0 Å². The predicted molar refractivity (Wildman–Crippen MR) is 110 cm³/mol. The van der Waals surface area contributed by atoms with Crippen LogP contribution >= 0.6 is 0 Å². The van der Waals surface area contributed by atoms with Gasteiger partial charge in [-0.3, -0.25) is 14.6 Å². The molecule has 148 valence electrons. The average molecular weight is 380 g/mol. The number of carbonyl (C=O) groups is 2. The minimum Gasteiger partial charge on any atom is -0.349 e. The zero-order chi connectivity index (χ0) is 19.8. The molecule has 0 bridgehead atoms.